The van der Waals surface area contributed by atoms with E-state index in [-0.39, 0.29) is 19.1 Å². The Hall–Kier alpha value is -3.67. The van der Waals surface area contributed by atoms with Crippen LogP contribution in [0.5, 0.6) is 0 Å². The number of carbonyl (C=O) groups is 3. The third-order valence-corrected chi connectivity index (χ3v) is 4.81. The maximum absolute atomic E-state index is 14.4. The van der Waals surface area contributed by atoms with Crippen LogP contribution >= 0.6 is 0 Å². The van der Waals surface area contributed by atoms with Crippen molar-refractivity contribution in [3.63, 3.8) is 0 Å². The highest BCUT2D eigenvalue weighted by Gasteiger charge is 2.39. The molecule has 4 amide bonds. The standard InChI is InChI=1S/C21H20F4N4O4/c22-17-11-13(6-7-16(17)18(30)27-28-19(31)21(23,24)25)10-15-12-33-9-8-29(15)20(32)26-14-4-2-1-3-5-14/h1-7,11,15H,8-10,12H2,(H,26,32)(H,27,30)(H,28,31). The fourth-order valence-electron chi connectivity index (χ4n) is 3.20. The molecule has 2 aromatic carbocycles. The Morgan fingerprint density at radius 3 is 2.45 bits per heavy atom. The number of urea groups is 1. The monoisotopic (exact) mass is 468 g/mol. The van der Waals surface area contributed by atoms with Crippen molar-refractivity contribution in [2.75, 3.05) is 25.1 Å². The second kappa shape index (κ2) is 10.3. The summed E-state index contributed by atoms with van der Waals surface area (Å²) in [5.74, 6) is -4.64. The van der Waals surface area contributed by atoms with Gasteiger partial charge in [0.05, 0.1) is 24.8 Å². The molecule has 1 aliphatic heterocycles. The number of anilines is 1. The molecular formula is C21H20F4N4O4. The molecule has 176 valence electrons. The molecule has 2 aromatic rings. The van der Waals surface area contributed by atoms with Crippen molar-refractivity contribution in [1.82, 2.24) is 15.8 Å². The molecular weight excluding hydrogens is 448 g/mol. The number of alkyl halides is 3. The molecule has 12 heteroatoms. The number of hydrazine groups is 1. The first-order valence-electron chi connectivity index (χ1n) is 9.81. The molecule has 3 rings (SSSR count). The molecule has 1 atom stereocenters. The maximum atomic E-state index is 14.4. The number of rotatable bonds is 4. The summed E-state index contributed by atoms with van der Waals surface area (Å²) in [7, 11) is 0. The first-order valence-corrected chi connectivity index (χ1v) is 9.81. The Morgan fingerprint density at radius 1 is 1.06 bits per heavy atom. The zero-order valence-corrected chi connectivity index (χ0v) is 17.1. The fraction of sp³-hybridized carbons (Fsp3) is 0.286. The first kappa shape index (κ1) is 24.0. The largest absolute Gasteiger partial charge is 0.472 e. The zero-order valence-electron chi connectivity index (χ0n) is 17.1. The van der Waals surface area contributed by atoms with Crippen LogP contribution in [0.25, 0.3) is 0 Å². The minimum atomic E-state index is -5.20. The number of ether oxygens (including phenoxy) is 1. The number of morpholine rings is 1. The SMILES string of the molecule is O=C(NNC(=O)C(F)(F)F)c1ccc(CC2COCCN2C(=O)Nc2ccccc2)cc1F. The van der Waals surface area contributed by atoms with Gasteiger partial charge in [0, 0.05) is 12.2 Å². The minimum absolute atomic E-state index is 0.214. The van der Waals surface area contributed by atoms with E-state index < -0.39 is 35.4 Å². The van der Waals surface area contributed by atoms with E-state index in [1.807, 2.05) is 6.07 Å². The summed E-state index contributed by atoms with van der Waals surface area (Å²) in [6.07, 6.45) is -4.98. The van der Waals surface area contributed by atoms with Crippen molar-refractivity contribution in [2.45, 2.75) is 18.6 Å². The Morgan fingerprint density at radius 2 is 1.79 bits per heavy atom. The lowest BCUT2D eigenvalue weighted by molar-refractivity contribution is -0.174. The highest BCUT2D eigenvalue weighted by Crippen LogP contribution is 2.18. The Bertz CT molecular complexity index is 1020. The van der Waals surface area contributed by atoms with Gasteiger partial charge in [-0.3, -0.25) is 20.4 Å². The molecule has 0 radical (unpaired) electrons. The molecule has 8 nitrogen and oxygen atoms in total. The minimum Gasteiger partial charge on any atom is -0.377 e. The fourth-order valence-corrected chi connectivity index (χ4v) is 3.20. The van der Waals surface area contributed by atoms with Crippen LogP contribution in [0.2, 0.25) is 0 Å². The van der Waals surface area contributed by atoms with Gasteiger partial charge in [0.1, 0.15) is 5.82 Å². The second-order valence-electron chi connectivity index (χ2n) is 7.14. The molecule has 0 aliphatic carbocycles. The number of benzene rings is 2. The predicted octanol–water partition coefficient (Wildman–Crippen LogP) is 2.62. The van der Waals surface area contributed by atoms with Crippen molar-refractivity contribution >= 4 is 23.5 Å². The summed E-state index contributed by atoms with van der Waals surface area (Å²) >= 11 is 0. The summed E-state index contributed by atoms with van der Waals surface area (Å²) in [5, 5.41) is 2.79. The van der Waals surface area contributed by atoms with Crippen LogP contribution in [0.15, 0.2) is 48.5 Å². The van der Waals surface area contributed by atoms with E-state index in [9.17, 15) is 31.9 Å². The molecule has 1 aliphatic rings. The molecule has 0 saturated carbocycles. The summed E-state index contributed by atoms with van der Waals surface area (Å²) in [4.78, 5) is 36.9. The van der Waals surface area contributed by atoms with Gasteiger partial charge in [-0.1, -0.05) is 24.3 Å². The zero-order chi connectivity index (χ0) is 24.0. The third-order valence-electron chi connectivity index (χ3n) is 4.81. The second-order valence-corrected chi connectivity index (χ2v) is 7.14. The number of hydrogen-bond donors (Lipinski definition) is 3. The molecule has 1 saturated heterocycles. The van der Waals surface area contributed by atoms with E-state index in [4.69, 9.17) is 4.74 Å². The molecule has 3 N–H and O–H groups in total. The van der Waals surface area contributed by atoms with Crippen molar-refractivity contribution in [3.05, 3.63) is 65.5 Å². The molecule has 0 bridgehead atoms. The van der Waals surface area contributed by atoms with E-state index >= 15 is 0 Å². The van der Waals surface area contributed by atoms with Crippen molar-refractivity contribution in [3.8, 4) is 0 Å². The van der Waals surface area contributed by atoms with Crippen LogP contribution < -0.4 is 16.2 Å². The smallest absolute Gasteiger partial charge is 0.377 e. The van der Waals surface area contributed by atoms with Crippen LogP contribution in [0.4, 0.5) is 28.0 Å². The van der Waals surface area contributed by atoms with Crippen LogP contribution in [-0.2, 0) is 16.0 Å². The van der Waals surface area contributed by atoms with Crippen molar-refractivity contribution in [2.24, 2.45) is 0 Å². The Balaban J connectivity index is 1.64. The molecule has 1 unspecified atom stereocenters. The summed E-state index contributed by atoms with van der Waals surface area (Å²) in [5.41, 5.74) is 3.18. The maximum Gasteiger partial charge on any atom is 0.472 e. The number of nitrogens with one attached hydrogen (secondary N) is 3. The van der Waals surface area contributed by atoms with E-state index in [2.05, 4.69) is 5.32 Å². The van der Waals surface area contributed by atoms with Crippen LogP contribution in [0.3, 0.4) is 0 Å². The summed E-state index contributed by atoms with van der Waals surface area (Å²) in [6.45, 7) is 0.885. The van der Waals surface area contributed by atoms with Crippen LogP contribution in [-0.4, -0.2) is 54.7 Å². The Kier molecular flexibility index (Phi) is 7.48. The van der Waals surface area contributed by atoms with Gasteiger partial charge in [-0.05, 0) is 36.2 Å². The molecule has 0 spiro atoms. The van der Waals surface area contributed by atoms with E-state index in [1.54, 1.807) is 29.2 Å². The third kappa shape index (κ3) is 6.42. The average molecular weight is 468 g/mol. The quantitative estimate of drug-likeness (QED) is 0.475. The van der Waals surface area contributed by atoms with Crippen LogP contribution in [0.1, 0.15) is 15.9 Å². The molecule has 1 heterocycles. The summed E-state index contributed by atoms with van der Waals surface area (Å²) in [6, 6.07) is 11.6. The van der Waals surface area contributed by atoms with Crippen molar-refractivity contribution in [1.29, 1.82) is 0 Å². The molecule has 33 heavy (non-hydrogen) atoms. The van der Waals surface area contributed by atoms with Gasteiger partial charge in [0.2, 0.25) is 0 Å². The number of para-hydroxylation sites is 1. The highest BCUT2D eigenvalue weighted by molar-refractivity contribution is 5.96. The lowest BCUT2D eigenvalue weighted by Gasteiger charge is -2.35. The average Bonchev–Trinajstić information content (AvgIpc) is 2.77. The number of nitrogens with zero attached hydrogens (tertiary/aromatic N) is 1. The Labute approximate surface area is 185 Å². The van der Waals surface area contributed by atoms with Crippen LogP contribution in [0, 0.1) is 5.82 Å². The van der Waals surface area contributed by atoms with Gasteiger partial charge in [-0.25, -0.2) is 9.18 Å². The molecule has 0 aromatic heterocycles. The number of halogens is 4. The number of hydrogen-bond acceptors (Lipinski definition) is 4. The predicted molar refractivity (Wildman–Crippen MR) is 109 cm³/mol. The normalized spacial score (nSPS) is 16.1. The van der Waals surface area contributed by atoms with E-state index in [0.29, 0.717) is 24.4 Å². The van der Waals surface area contributed by atoms with E-state index in [0.717, 1.165) is 12.1 Å². The molecule has 1 fully saturated rings. The van der Waals surface area contributed by atoms with Gasteiger partial charge in [-0.15, -0.1) is 0 Å². The van der Waals surface area contributed by atoms with Crippen molar-refractivity contribution < 1.29 is 36.7 Å². The first-order chi connectivity index (χ1) is 15.6. The summed E-state index contributed by atoms with van der Waals surface area (Å²) < 4.78 is 56.4. The van der Waals surface area contributed by atoms with Gasteiger partial charge >= 0.3 is 18.1 Å². The number of carbonyl (C=O) groups excluding carboxylic acids is 3. The number of amides is 4. The lowest BCUT2D eigenvalue weighted by Crippen LogP contribution is -2.51. The van der Waals surface area contributed by atoms with E-state index in [1.165, 1.54) is 16.9 Å². The van der Waals surface area contributed by atoms with Gasteiger partial charge in [0.15, 0.2) is 0 Å². The van der Waals surface area contributed by atoms with Gasteiger partial charge < -0.3 is 15.0 Å². The van der Waals surface area contributed by atoms with Gasteiger partial charge in [0.25, 0.3) is 5.91 Å². The highest BCUT2D eigenvalue weighted by atomic mass is 19.4. The van der Waals surface area contributed by atoms with Gasteiger partial charge in [-0.2, -0.15) is 13.2 Å². The lowest BCUT2D eigenvalue weighted by atomic mass is 10.0. The topological polar surface area (TPSA) is 99.8 Å².